The van der Waals surface area contributed by atoms with E-state index in [2.05, 4.69) is 5.32 Å². The van der Waals surface area contributed by atoms with Crippen LogP contribution < -0.4 is 5.32 Å². The smallest absolute Gasteiger partial charge is 0.268 e. The first-order valence-corrected chi connectivity index (χ1v) is 12.6. The van der Waals surface area contributed by atoms with Crippen LogP contribution in [-0.2, 0) is 26.2 Å². The number of rotatable bonds is 7. The molecule has 2 aromatic rings. The average Bonchev–Trinajstić information content (AvgIpc) is 2.91. The molecule has 0 radical (unpaired) electrons. The first-order chi connectivity index (χ1) is 14.6. The fraction of sp³-hybridized carbons (Fsp3) is 0.304. The van der Waals surface area contributed by atoms with Crippen LogP contribution in [-0.4, -0.2) is 37.3 Å². The van der Waals surface area contributed by atoms with Gasteiger partial charge in [0.2, 0.25) is 5.91 Å². The number of carbonyl (C=O) groups is 2. The van der Waals surface area contributed by atoms with Gasteiger partial charge in [-0.3, -0.25) is 9.59 Å². The molecule has 1 aliphatic rings. The lowest BCUT2D eigenvalue weighted by atomic mass is 10.0. The first-order valence-electron chi connectivity index (χ1n) is 9.93. The van der Waals surface area contributed by atoms with E-state index in [1.807, 2.05) is 56.5 Å². The molecule has 164 valence electrons. The van der Waals surface area contributed by atoms with E-state index in [-0.39, 0.29) is 17.0 Å². The monoisotopic (exact) mass is 458 g/mol. The fourth-order valence-corrected chi connectivity index (χ4v) is 5.55. The van der Waals surface area contributed by atoms with E-state index in [4.69, 9.17) is 0 Å². The number of benzene rings is 2. The van der Waals surface area contributed by atoms with Crippen LogP contribution in [0.25, 0.3) is 4.91 Å². The first kappa shape index (κ1) is 23.1. The number of sulfonamides is 1. The summed E-state index contributed by atoms with van der Waals surface area (Å²) in [5.74, 6) is -0.888. The number of thioether (sulfide) groups is 1. The maximum Gasteiger partial charge on any atom is 0.268 e. The van der Waals surface area contributed by atoms with Gasteiger partial charge in [0.15, 0.2) is 0 Å². The van der Waals surface area contributed by atoms with Crippen LogP contribution in [0.1, 0.15) is 43.4 Å². The normalized spacial score (nSPS) is 15.6. The molecule has 1 heterocycles. The number of hydrogen-bond acceptors (Lipinski definition) is 5. The molecule has 8 heteroatoms. The molecular formula is C23H26N2O4S2. The Bertz CT molecular complexity index is 1120. The SMILES string of the molecule is CSc1ccc(CNC(=O)CN2C(=O)C(C)=C(c3ccc(C(C)C)cc3)S2(=O)=O)cc1. The molecule has 1 N–H and O–H groups in total. The second-order valence-corrected chi connectivity index (χ2v) is 10.4. The summed E-state index contributed by atoms with van der Waals surface area (Å²) in [7, 11) is -4.10. The Kier molecular flexibility index (Phi) is 6.91. The standard InChI is InChI=1S/C23H26N2O4S2/c1-15(2)18-7-9-19(10-8-18)22-16(3)23(27)25(31(22,28)29)14-21(26)24-13-17-5-11-20(30-4)12-6-17/h5-12,15H,13-14H2,1-4H3,(H,24,26). The predicted octanol–water partition coefficient (Wildman–Crippen LogP) is 3.75. The van der Waals surface area contributed by atoms with Gasteiger partial charge >= 0.3 is 0 Å². The number of carbonyl (C=O) groups excluding carboxylic acids is 2. The van der Waals surface area contributed by atoms with E-state index in [0.717, 1.165) is 16.0 Å². The molecule has 31 heavy (non-hydrogen) atoms. The Morgan fingerprint density at radius 2 is 1.68 bits per heavy atom. The molecule has 0 spiro atoms. The Labute approximate surface area is 187 Å². The second-order valence-electron chi connectivity index (χ2n) is 7.67. The van der Waals surface area contributed by atoms with Gasteiger partial charge in [0.25, 0.3) is 15.9 Å². The van der Waals surface area contributed by atoms with E-state index in [1.54, 1.807) is 23.9 Å². The van der Waals surface area contributed by atoms with Gasteiger partial charge in [0, 0.05) is 17.0 Å². The summed E-state index contributed by atoms with van der Waals surface area (Å²) < 4.78 is 26.8. The predicted molar refractivity (Wildman–Crippen MR) is 124 cm³/mol. The van der Waals surface area contributed by atoms with Gasteiger partial charge in [-0.15, -0.1) is 11.8 Å². The van der Waals surface area contributed by atoms with Gasteiger partial charge in [-0.2, -0.15) is 0 Å². The van der Waals surface area contributed by atoms with Crippen molar-refractivity contribution in [2.24, 2.45) is 0 Å². The highest BCUT2D eigenvalue weighted by molar-refractivity contribution is 7.99. The van der Waals surface area contributed by atoms with Crippen LogP contribution in [0, 0.1) is 0 Å². The van der Waals surface area contributed by atoms with Crippen molar-refractivity contribution in [3.8, 4) is 0 Å². The third-order valence-electron chi connectivity index (χ3n) is 5.21. The lowest BCUT2D eigenvalue weighted by Crippen LogP contribution is -2.40. The Morgan fingerprint density at radius 3 is 2.23 bits per heavy atom. The van der Waals surface area contributed by atoms with Crippen molar-refractivity contribution in [1.29, 1.82) is 0 Å². The molecule has 0 bridgehead atoms. The minimum absolute atomic E-state index is 0.0340. The molecular weight excluding hydrogens is 432 g/mol. The van der Waals surface area contributed by atoms with Crippen molar-refractivity contribution in [1.82, 2.24) is 9.62 Å². The molecule has 0 aliphatic carbocycles. The number of amides is 2. The molecule has 2 amide bonds. The molecule has 3 rings (SSSR count). The van der Waals surface area contributed by atoms with E-state index in [1.165, 1.54) is 6.92 Å². The summed E-state index contributed by atoms with van der Waals surface area (Å²) in [6.45, 7) is 5.29. The van der Waals surface area contributed by atoms with Crippen molar-refractivity contribution in [2.75, 3.05) is 12.8 Å². The topological polar surface area (TPSA) is 83.6 Å². The molecule has 0 saturated carbocycles. The molecule has 6 nitrogen and oxygen atoms in total. The van der Waals surface area contributed by atoms with Crippen molar-refractivity contribution < 1.29 is 18.0 Å². The average molecular weight is 459 g/mol. The number of nitrogens with one attached hydrogen (secondary N) is 1. The van der Waals surface area contributed by atoms with Crippen LogP contribution in [0.4, 0.5) is 0 Å². The third kappa shape index (κ3) is 4.85. The van der Waals surface area contributed by atoms with Crippen LogP contribution in [0.5, 0.6) is 0 Å². The highest BCUT2D eigenvalue weighted by Gasteiger charge is 2.43. The molecule has 0 fully saturated rings. The lowest BCUT2D eigenvalue weighted by molar-refractivity contribution is -0.128. The van der Waals surface area contributed by atoms with Gasteiger partial charge in [-0.25, -0.2) is 12.7 Å². The zero-order valence-corrected chi connectivity index (χ0v) is 19.6. The zero-order valence-electron chi connectivity index (χ0n) is 18.0. The molecule has 0 saturated heterocycles. The molecule has 0 unspecified atom stereocenters. The minimum Gasteiger partial charge on any atom is -0.350 e. The van der Waals surface area contributed by atoms with Gasteiger partial charge in [-0.05, 0) is 47.9 Å². The van der Waals surface area contributed by atoms with E-state index in [0.29, 0.717) is 15.8 Å². The minimum atomic E-state index is -4.10. The molecule has 1 aliphatic heterocycles. The summed E-state index contributed by atoms with van der Waals surface area (Å²) >= 11 is 1.62. The van der Waals surface area contributed by atoms with Gasteiger partial charge in [0.1, 0.15) is 11.4 Å². The van der Waals surface area contributed by atoms with Crippen molar-refractivity contribution in [2.45, 2.75) is 38.1 Å². The van der Waals surface area contributed by atoms with Crippen LogP contribution >= 0.6 is 11.8 Å². The number of nitrogens with zero attached hydrogens (tertiary/aromatic N) is 1. The quantitative estimate of drug-likeness (QED) is 0.639. The van der Waals surface area contributed by atoms with E-state index < -0.39 is 28.4 Å². The summed E-state index contributed by atoms with van der Waals surface area (Å²) in [6, 6.07) is 14.8. The molecule has 2 aromatic carbocycles. The van der Waals surface area contributed by atoms with Gasteiger partial charge < -0.3 is 5.32 Å². The highest BCUT2D eigenvalue weighted by Crippen LogP contribution is 2.35. The van der Waals surface area contributed by atoms with Gasteiger partial charge in [-0.1, -0.05) is 50.2 Å². The summed E-state index contributed by atoms with van der Waals surface area (Å²) in [6.07, 6.45) is 1.98. The summed E-state index contributed by atoms with van der Waals surface area (Å²) in [4.78, 5) is 26.1. The van der Waals surface area contributed by atoms with Crippen molar-refractivity contribution in [3.63, 3.8) is 0 Å². The Morgan fingerprint density at radius 1 is 1.06 bits per heavy atom. The largest absolute Gasteiger partial charge is 0.350 e. The maximum absolute atomic E-state index is 13.1. The molecule has 0 atom stereocenters. The van der Waals surface area contributed by atoms with Crippen molar-refractivity contribution in [3.05, 3.63) is 70.8 Å². The Balaban J connectivity index is 1.72. The van der Waals surface area contributed by atoms with Gasteiger partial charge in [0.05, 0.1) is 0 Å². The van der Waals surface area contributed by atoms with E-state index in [9.17, 15) is 18.0 Å². The van der Waals surface area contributed by atoms with Crippen LogP contribution in [0.15, 0.2) is 59.0 Å². The fourth-order valence-electron chi connectivity index (χ4n) is 3.37. The van der Waals surface area contributed by atoms with E-state index >= 15 is 0 Å². The number of hydrogen-bond donors (Lipinski definition) is 1. The third-order valence-corrected chi connectivity index (χ3v) is 7.89. The van der Waals surface area contributed by atoms with Crippen LogP contribution in [0.3, 0.4) is 0 Å². The zero-order chi connectivity index (χ0) is 22.8. The highest BCUT2D eigenvalue weighted by atomic mass is 32.2. The summed E-state index contributed by atoms with van der Waals surface area (Å²) in [5.41, 5.74) is 2.54. The second kappa shape index (κ2) is 9.28. The summed E-state index contributed by atoms with van der Waals surface area (Å²) in [5, 5.41) is 2.69. The lowest BCUT2D eigenvalue weighted by Gasteiger charge is -2.17. The van der Waals surface area contributed by atoms with Crippen molar-refractivity contribution >= 4 is 38.5 Å². The van der Waals surface area contributed by atoms with Crippen LogP contribution in [0.2, 0.25) is 0 Å². The molecule has 0 aromatic heterocycles. The Hall–Kier alpha value is -2.58. The maximum atomic E-state index is 13.1.